The van der Waals surface area contributed by atoms with Gasteiger partial charge in [0.05, 0.1) is 5.69 Å². The van der Waals surface area contributed by atoms with E-state index in [-0.39, 0.29) is 12.5 Å². The Morgan fingerprint density at radius 1 is 1.31 bits per heavy atom. The van der Waals surface area contributed by atoms with Crippen molar-refractivity contribution in [2.24, 2.45) is 7.05 Å². The van der Waals surface area contributed by atoms with Gasteiger partial charge in [-0.2, -0.15) is 5.10 Å². The molecule has 0 radical (unpaired) electrons. The molecule has 1 aromatic carbocycles. The second kappa shape index (κ2) is 7.59. The van der Waals surface area contributed by atoms with Crippen LogP contribution in [-0.2, 0) is 23.1 Å². The third-order valence-electron chi connectivity index (χ3n) is 3.98. The van der Waals surface area contributed by atoms with E-state index in [1.807, 2.05) is 38.2 Å². The number of benzene rings is 1. The van der Waals surface area contributed by atoms with E-state index in [2.05, 4.69) is 21.0 Å². The van der Waals surface area contributed by atoms with Crippen molar-refractivity contribution in [3.63, 3.8) is 0 Å². The Hall–Kier alpha value is -2.19. The molecule has 0 unspecified atom stereocenters. The first-order valence-corrected chi connectivity index (χ1v) is 9.55. The minimum Gasteiger partial charge on any atom is -0.451 e. The van der Waals surface area contributed by atoms with Crippen molar-refractivity contribution >= 4 is 49.4 Å². The van der Waals surface area contributed by atoms with Crippen molar-refractivity contribution in [3.8, 4) is 0 Å². The fourth-order valence-corrected chi connectivity index (χ4v) is 3.85. The van der Waals surface area contributed by atoms with Gasteiger partial charge in [-0.25, -0.2) is 4.79 Å². The van der Waals surface area contributed by atoms with Crippen molar-refractivity contribution in [3.05, 3.63) is 50.9 Å². The molecular weight excluding hydrogens is 418 g/mol. The molecule has 2 heterocycles. The Bertz CT molecular complexity index is 928. The zero-order valence-corrected chi connectivity index (χ0v) is 17.1. The van der Waals surface area contributed by atoms with Crippen LogP contribution in [0.25, 0.3) is 10.2 Å². The van der Waals surface area contributed by atoms with Crippen LogP contribution in [0.5, 0.6) is 0 Å². The van der Waals surface area contributed by atoms with E-state index in [4.69, 9.17) is 4.74 Å². The number of rotatable bonds is 5. The number of ether oxygens (including phenoxy) is 1. The Kier molecular flexibility index (Phi) is 5.43. The SMILES string of the molecule is Cc1nn(C)c2sc(C(=O)OCC(=O)N(C)Cc3ccc(Br)cc3)cc12. The van der Waals surface area contributed by atoms with Crippen LogP contribution in [0.2, 0.25) is 0 Å². The maximum atomic E-state index is 12.2. The number of halogens is 1. The summed E-state index contributed by atoms with van der Waals surface area (Å²) in [6.45, 7) is 2.07. The fraction of sp³-hybridized carbons (Fsp3) is 0.278. The van der Waals surface area contributed by atoms with Gasteiger partial charge in [-0.15, -0.1) is 11.3 Å². The summed E-state index contributed by atoms with van der Waals surface area (Å²) in [5.41, 5.74) is 1.87. The molecule has 2 aromatic heterocycles. The smallest absolute Gasteiger partial charge is 0.348 e. The molecule has 26 heavy (non-hydrogen) atoms. The second-order valence-electron chi connectivity index (χ2n) is 5.99. The van der Waals surface area contributed by atoms with Gasteiger partial charge in [0.2, 0.25) is 0 Å². The summed E-state index contributed by atoms with van der Waals surface area (Å²) in [6.07, 6.45) is 0. The average molecular weight is 436 g/mol. The summed E-state index contributed by atoms with van der Waals surface area (Å²) >= 11 is 4.69. The number of hydrogen-bond acceptors (Lipinski definition) is 5. The Morgan fingerprint density at radius 2 is 2.00 bits per heavy atom. The zero-order chi connectivity index (χ0) is 18.8. The number of carbonyl (C=O) groups excluding carboxylic acids is 2. The van der Waals surface area contributed by atoms with Crippen LogP contribution in [-0.4, -0.2) is 40.2 Å². The molecule has 0 N–H and O–H groups in total. The largest absolute Gasteiger partial charge is 0.451 e. The first-order valence-electron chi connectivity index (χ1n) is 7.94. The average Bonchev–Trinajstić information content (AvgIpc) is 3.16. The Labute approximate surface area is 163 Å². The fourth-order valence-electron chi connectivity index (χ4n) is 2.57. The predicted molar refractivity (Wildman–Crippen MR) is 104 cm³/mol. The number of aromatic nitrogens is 2. The van der Waals surface area contributed by atoms with E-state index >= 15 is 0 Å². The monoisotopic (exact) mass is 435 g/mol. The van der Waals surface area contributed by atoms with Crippen LogP contribution < -0.4 is 0 Å². The van der Waals surface area contributed by atoms with Gasteiger partial charge in [-0.1, -0.05) is 28.1 Å². The molecule has 0 aliphatic rings. The van der Waals surface area contributed by atoms with Crippen molar-refractivity contribution in [1.82, 2.24) is 14.7 Å². The maximum Gasteiger partial charge on any atom is 0.348 e. The van der Waals surface area contributed by atoms with Crippen molar-refractivity contribution in [2.45, 2.75) is 13.5 Å². The summed E-state index contributed by atoms with van der Waals surface area (Å²) in [7, 11) is 3.52. The Morgan fingerprint density at radius 3 is 2.65 bits per heavy atom. The number of nitrogens with zero attached hydrogens (tertiary/aromatic N) is 3. The number of aryl methyl sites for hydroxylation is 2. The quantitative estimate of drug-likeness (QED) is 0.575. The van der Waals surface area contributed by atoms with Gasteiger partial charge in [-0.3, -0.25) is 9.48 Å². The first-order chi connectivity index (χ1) is 12.3. The number of fused-ring (bicyclic) bond motifs is 1. The van der Waals surface area contributed by atoms with Crippen LogP contribution in [0.15, 0.2) is 34.8 Å². The normalized spacial score (nSPS) is 10.9. The highest BCUT2D eigenvalue weighted by molar-refractivity contribution is 9.10. The molecule has 0 saturated carbocycles. The lowest BCUT2D eigenvalue weighted by atomic mass is 10.2. The summed E-state index contributed by atoms with van der Waals surface area (Å²) in [5.74, 6) is -0.740. The second-order valence-corrected chi connectivity index (χ2v) is 7.94. The zero-order valence-electron chi connectivity index (χ0n) is 14.7. The molecule has 136 valence electrons. The van der Waals surface area contributed by atoms with E-state index < -0.39 is 5.97 Å². The molecule has 0 bridgehead atoms. The third-order valence-corrected chi connectivity index (χ3v) is 5.69. The number of carbonyl (C=O) groups is 2. The number of esters is 1. The summed E-state index contributed by atoms with van der Waals surface area (Å²) in [5, 5.41) is 5.24. The van der Waals surface area contributed by atoms with E-state index in [0.717, 1.165) is 25.9 Å². The van der Waals surface area contributed by atoms with Crippen LogP contribution >= 0.6 is 27.3 Å². The highest BCUT2D eigenvalue weighted by Crippen LogP contribution is 2.28. The molecule has 3 rings (SSSR count). The molecule has 0 aliphatic carbocycles. The summed E-state index contributed by atoms with van der Waals surface area (Å²) in [4.78, 5) is 27.4. The molecular formula is C18H18BrN3O3S. The van der Waals surface area contributed by atoms with Gasteiger partial charge < -0.3 is 9.64 Å². The number of amides is 1. The first kappa shape index (κ1) is 18.6. The minimum atomic E-state index is -0.490. The maximum absolute atomic E-state index is 12.2. The molecule has 0 atom stereocenters. The Balaban J connectivity index is 1.58. The van der Waals surface area contributed by atoms with E-state index in [1.54, 1.807) is 17.8 Å². The summed E-state index contributed by atoms with van der Waals surface area (Å²) < 4.78 is 7.91. The van der Waals surface area contributed by atoms with E-state index in [0.29, 0.717) is 11.4 Å². The highest BCUT2D eigenvalue weighted by Gasteiger charge is 2.18. The van der Waals surface area contributed by atoms with E-state index in [1.165, 1.54) is 16.2 Å². The summed E-state index contributed by atoms with van der Waals surface area (Å²) in [6, 6.07) is 9.49. The molecule has 0 aliphatic heterocycles. The minimum absolute atomic E-state index is 0.250. The molecule has 6 nitrogen and oxygen atoms in total. The van der Waals surface area contributed by atoms with Crippen LogP contribution in [0.4, 0.5) is 0 Å². The third kappa shape index (κ3) is 3.96. The van der Waals surface area contributed by atoms with Gasteiger partial charge in [0, 0.05) is 30.5 Å². The van der Waals surface area contributed by atoms with Gasteiger partial charge in [-0.05, 0) is 30.7 Å². The molecule has 0 saturated heterocycles. The van der Waals surface area contributed by atoms with Crippen LogP contribution in [0.1, 0.15) is 20.9 Å². The van der Waals surface area contributed by atoms with Crippen molar-refractivity contribution in [2.75, 3.05) is 13.7 Å². The van der Waals surface area contributed by atoms with Crippen LogP contribution in [0.3, 0.4) is 0 Å². The lowest BCUT2D eigenvalue weighted by Gasteiger charge is -2.17. The van der Waals surface area contributed by atoms with Crippen molar-refractivity contribution in [1.29, 1.82) is 0 Å². The highest BCUT2D eigenvalue weighted by atomic mass is 79.9. The molecule has 1 amide bonds. The molecule has 8 heteroatoms. The number of thiophene rings is 1. The molecule has 0 fully saturated rings. The lowest BCUT2D eigenvalue weighted by Crippen LogP contribution is -2.30. The lowest BCUT2D eigenvalue weighted by molar-refractivity contribution is -0.133. The molecule has 0 spiro atoms. The van der Waals surface area contributed by atoms with Crippen LogP contribution in [0, 0.1) is 6.92 Å². The number of hydrogen-bond donors (Lipinski definition) is 0. The van der Waals surface area contributed by atoms with Gasteiger partial charge in [0.15, 0.2) is 6.61 Å². The van der Waals surface area contributed by atoms with Crippen molar-refractivity contribution < 1.29 is 14.3 Å². The van der Waals surface area contributed by atoms with Gasteiger partial charge in [0.1, 0.15) is 9.71 Å². The number of likely N-dealkylation sites (N-methyl/N-ethyl adjacent to an activating group) is 1. The predicted octanol–water partition coefficient (Wildman–Crippen LogP) is 3.52. The van der Waals surface area contributed by atoms with E-state index in [9.17, 15) is 9.59 Å². The van der Waals surface area contributed by atoms with Gasteiger partial charge >= 0.3 is 5.97 Å². The van der Waals surface area contributed by atoms with Gasteiger partial charge in [0.25, 0.3) is 5.91 Å². The topological polar surface area (TPSA) is 64.4 Å². The standard InChI is InChI=1S/C18H18BrN3O3S/c1-11-14-8-15(26-17(14)22(3)20-11)18(24)25-10-16(23)21(2)9-12-4-6-13(19)7-5-12/h4-8H,9-10H2,1-3H3. The molecule has 3 aromatic rings.